The van der Waals surface area contributed by atoms with Crippen LogP contribution in [0.3, 0.4) is 0 Å². The van der Waals surface area contributed by atoms with Crippen LogP contribution >= 0.6 is 0 Å². The molecule has 19 heavy (non-hydrogen) atoms. The van der Waals surface area contributed by atoms with Crippen molar-refractivity contribution in [3.8, 4) is 0 Å². The molecule has 0 spiro atoms. The number of nitrogens with zero attached hydrogens (tertiary/aromatic N) is 2. The fourth-order valence-corrected chi connectivity index (χ4v) is 2.05. The van der Waals surface area contributed by atoms with Gasteiger partial charge in [0.1, 0.15) is 0 Å². The maximum absolute atomic E-state index is 12.2. The SMILES string of the molecule is CCC(CC)N(CCO)C(=O)/C=C/c1cccnc1. The standard InChI is InChI=1S/C15H22N2O2/c1-3-14(4-2)17(10-11-18)15(19)8-7-13-6-5-9-16-12-13/h5-9,12,14,18H,3-4,10-11H2,1-2H3/b8-7+. The second kappa shape index (κ2) is 8.43. The minimum absolute atomic E-state index is 0.0109. The Balaban J connectivity index is 2.74. The van der Waals surface area contributed by atoms with Crippen molar-refractivity contribution in [3.05, 3.63) is 36.2 Å². The number of hydrogen-bond acceptors (Lipinski definition) is 3. The molecule has 0 aliphatic carbocycles. The van der Waals surface area contributed by atoms with Crippen LogP contribution in [0, 0.1) is 0 Å². The molecule has 4 heteroatoms. The first-order chi connectivity index (χ1) is 9.22. The summed E-state index contributed by atoms with van der Waals surface area (Å²) in [6.45, 7) is 4.47. The molecule has 0 saturated carbocycles. The van der Waals surface area contributed by atoms with Crippen LogP contribution in [0.15, 0.2) is 30.6 Å². The first-order valence-electron chi connectivity index (χ1n) is 6.72. The summed E-state index contributed by atoms with van der Waals surface area (Å²) in [7, 11) is 0. The Hall–Kier alpha value is -1.68. The Kier molecular flexibility index (Phi) is 6.82. The molecule has 0 atom stereocenters. The summed E-state index contributed by atoms with van der Waals surface area (Å²) < 4.78 is 0. The molecule has 0 aromatic carbocycles. The van der Waals surface area contributed by atoms with Crippen LogP contribution in [0.4, 0.5) is 0 Å². The number of rotatable bonds is 7. The number of aliphatic hydroxyl groups excluding tert-OH is 1. The van der Waals surface area contributed by atoms with Gasteiger partial charge in [0.2, 0.25) is 5.91 Å². The summed E-state index contributed by atoms with van der Waals surface area (Å²) in [6.07, 6.45) is 8.48. The van der Waals surface area contributed by atoms with Crippen molar-refractivity contribution in [1.29, 1.82) is 0 Å². The highest BCUT2D eigenvalue weighted by Crippen LogP contribution is 2.10. The van der Waals surface area contributed by atoms with E-state index in [1.54, 1.807) is 29.4 Å². The zero-order valence-electron chi connectivity index (χ0n) is 11.6. The van der Waals surface area contributed by atoms with Crippen molar-refractivity contribution in [1.82, 2.24) is 9.88 Å². The monoisotopic (exact) mass is 262 g/mol. The van der Waals surface area contributed by atoms with Crippen LogP contribution < -0.4 is 0 Å². The molecule has 0 aliphatic rings. The highest BCUT2D eigenvalue weighted by Gasteiger charge is 2.18. The van der Waals surface area contributed by atoms with Crippen LogP contribution in [0.25, 0.3) is 6.08 Å². The average Bonchev–Trinajstić information content (AvgIpc) is 2.46. The van der Waals surface area contributed by atoms with Crippen molar-refractivity contribution in [2.45, 2.75) is 32.7 Å². The Bertz CT molecular complexity index is 400. The van der Waals surface area contributed by atoms with Crippen molar-refractivity contribution in [3.63, 3.8) is 0 Å². The van der Waals surface area contributed by atoms with Crippen molar-refractivity contribution in [2.75, 3.05) is 13.2 Å². The summed E-state index contributed by atoms with van der Waals surface area (Å²) in [5, 5.41) is 9.08. The van der Waals surface area contributed by atoms with E-state index < -0.39 is 0 Å². The molecular weight excluding hydrogens is 240 g/mol. The molecule has 0 aliphatic heterocycles. The number of carbonyl (C=O) groups is 1. The first-order valence-corrected chi connectivity index (χ1v) is 6.72. The van der Waals surface area contributed by atoms with Gasteiger partial charge in [0.25, 0.3) is 0 Å². The molecule has 1 rings (SSSR count). The van der Waals surface area contributed by atoms with Gasteiger partial charge in [0.05, 0.1) is 6.61 Å². The highest BCUT2D eigenvalue weighted by molar-refractivity contribution is 5.91. The van der Waals surface area contributed by atoms with Gasteiger partial charge in [-0.05, 0) is 30.5 Å². The van der Waals surface area contributed by atoms with Gasteiger partial charge in [0, 0.05) is 31.1 Å². The van der Waals surface area contributed by atoms with E-state index >= 15 is 0 Å². The zero-order chi connectivity index (χ0) is 14.1. The molecule has 0 bridgehead atoms. The van der Waals surface area contributed by atoms with Crippen LogP contribution in [0.5, 0.6) is 0 Å². The number of aromatic nitrogens is 1. The molecule has 1 aromatic heterocycles. The second-order valence-corrected chi connectivity index (χ2v) is 4.35. The van der Waals surface area contributed by atoms with Crippen LogP contribution in [0.1, 0.15) is 32.3 Å². The summed E-state index contributed by atoms with van der Waals surface area (Å²) in [5.41, 5.74) is 0.893. The fourth-order valence-electron chi connectivity index (χ4n) is 2.05. The molecule has 0 radical (unpaired) electrons. The van der Waals surface area contributed by atoms with Gasteiger partial charge in [-0.25, -0.2) is 0 Å². The van der Waals surface area contributed by atoms with E-state index in [0.717, 1.165) is 18.4 Å². The maximum atomic E-state index is 12.2. The minimum Gasteiger partial charge on any atom is -0.395 e. The third-order valence-electron chi connectivity index (χ3n) is 3.11. The fraction of sp³-hybridized carbons (Fsp3) is 0.467. The third-order valence-corrected chi connectivity index (χ3v) is 3.11. The number of pyridine rings is 1. The molecule has 0 unspecified atom stereocenters. The van der Waals surface area contributed by atoms with E-state index in [1.807, 2.05) is 12.1 Å². The topological polar surface area (TPSA) is 53.4 Å². The molecule has 1 aromatic rings. The number of aliphatic hydroxyl groups is 1. The smallest absolute Gasteiger partial charge is 0.246 e. The number of carbonyl (C=O) groups excluding carboxylic acids is 1. The van der Waals surface area contributed by atoms with Crippen molar-refractivity contribution in [2.24, 2.45) is 0 Å². The Morgan fingerprint density at radius 2 is 2.21 bits per heavy atom. The number of amides is 1. The first kappa shape index (κ1) is 15.4. The van der Waals surface area contributed by atoms with E-state index in [-0.39, 0.29) is 18.6 Å². The van der Waals surface area contributed by atoms with Crippen LogP contribution in [-0.4, -0.2) is 40.1 Å². The lowest BCUT2D eigenvalue weighted by Gasteiger charge is -2.28. The quantitative estimate of drug-likeness (QED) is 0.766. The normalized spacial score (nSPS) is 11.2. The Morgan fingerprint density at radius 1 is 1.47 bits per heavy atom. The van der Waals surface area contributed by atoms with E-state index in [4.69, 9.17) is 5.11 Å². The molecule has 1 amide bonds. The van der Waals surface area contributed by atoms with Crippen LogP contribution in [0.2, 0.25) is 0 Å². The maximum Gasteiger partial charge on any atom is 0.246 e. The molecule has 1 N–H and O–H groups in total. The lowest BCUT2D eigenvalue weighted by atomic mass is 10.1. The van der Waals surface area contributed by atoms with Gasteiger partial charge in [-0.1, -0.05) is 19.9 Å². The van der Waals surface area contributed by atoms with E-state index in [0.29, 0.717) is 6.54 Å². The molecule has 4 nitrogen and oxygen atoms in total. The predicted molar refractivity (Wildman–Crippen MR) is 76.4 cm³/mol. The van der Waals surface area contributed by atoms with Crippen molar-refractivity contribution >= 4 is 12.0 Å². The molecule has 0 saturated heterocycles. The van der Waals surface area contributed by atoms with Gasteiger partial charge < -0.3 is 10.0 Å². The summed E-state index contributed by atoms with van der Waals surface area (Å²) >= 11 is 0. The highest BCUT2D eigenvalue weighted by atomic mass is 16.3. The second-order valence-electron chi connectivity index (χ2n) is 4.35. The van der Waals surface area contributed by atoms with Gasteiger partial charge >= 0.3 is 0 Å². The van der Waals surface area contributed by atoms with E-state index in [2.05, 4.69) is 18.8 Å². The minimum atomic E-state index is -0.0633. The van der Waals surface area contributed by atoms with Gasteiger partial charge in [-0.3, -0.25) is 9.78 Å². The van der Waals surface area contributed by atoms with Gasteiger partial charge in [0.15, 0.2) is 0 Å². The van der Waals surface area contributed by atoms with E-state index in [9.17, 15) is 4.79 Å². The molecule has 1 heterocycles. The Morgan fingerprint density at radius 3 is 2.74 bits per heavy atom. The summed E-state index contributed by atoms with van der Waals surface area (Å²) in [5.74, 6) is -0.0633. The van der Waals surface area contributed by atoms with Crippen LogP contribution in [-0.2, 0) is 4.79 Å². The van der Waals surface area contributed by atoms with Gasteiger partial charge in [-0.2, -0.15) is 0 Å². The summed E-state index contributed by atoms with van der Waals surface area (Å²) in [4.78, 5) is 17.9. The predicted octanol–water partition coefficient (Wildman–Crippen LogP) is 2.10. The molecule has 0 fully saturated rings. The van der Waals surface area contributed by atoms with Gasteiger partial charge in [-0.15, -0.1) is 0 Å². The lowest BCUT2D eigenvalue weighted by Crippen LogP contribution is -2.40. The molecule has 104 valence electrons. The Labute approximate surface area is 114 Å². The molecular formula is C15H22N2O2. The zero-order valence-corrected chi connectivity index (χ0v) is 11.6. The van der Waals surface area contributed by atoms with Crippen molar-refractivity contribution < 1.29 is 9.90 Å². The largest absolute Gasteiger partial charge is 0.395 e. The average molecular weight is 262 g/mol. The third kappa shape index (κ3) is 4.83. The lowest BCUT2D eigenvalue weighted by molar-refractivity contribution is -0.128. The van der Waals surface area contributed by atoms with E-state index in [1.165, 1.54) is 0 Å². The summed E-state index contributed by atoms with van der Waals surface area (Å²) in [6, 6.07) is 3.90. The number of hydrogen-bond donors (Lipinski definition) is 1.